The molecule has 0 radical (unpaired) electrons. The van der Waals surface area contributed by atoms with Crippen molar-refractivity contribution < 1.29 is 18.7 Å². The molecule has 0 saturated carbocycles. The Balaban J connectivity index is 1.87. The number of ketones is 1. The number of hydrogen-bond acceptors (Lipinski definition) is 4. The summed E-state index contributed by atoms with van der Waals surface area (Å²) < 4.78 is 21.1. The molecule has 0 unspecified atom stereocenters. The number of aromatic nitrogens is 2. The van der Waals surface area contributed by atoms with Crippen molar-refractivity contribution in [2.75, 3.05) is 6.61 Å². The molecule has 156 valence electrons. The van der Waals surface area contributed by atoms with Crippen LogP contribution in [0.1, 0.15) is 33.3 Å². The van der Waals surface area contributed by atoms with Gasteiger partial charge in [-0.3, -0.25) is 4.79 Å². The number of nitrogens with zero attached hydrogens (tertiary/aromatic N) is 2. The highest BCUT2D eigenvalue weighted by Gasteiger charge is 2.25. The summed E-state index contributed by atoms with van der Waals surface area (Å²) in [7, 11) is 0. The van der Waals surface area contributed by atoms with Crippen molar-refractivity contribution >= 4 is 45.9 Å². The van der Waals surface area contributed by atoms with Gasteiger partial charge in [-0.2, -0.15) is 5.10 Å². The summed E-state index contributed by atoms with van der Waals surface area (Å²) in [5.74, 6) is -1.54. The fraction of sp³-hybridized carbons (Fsp3) is 0.0870. The van der Waals surface area contributed by atoms with Crippen molar-refractivity contribution in [2.45, 2.75) is 6.92 Å². The molecule has 4 aromatic rings. The number of para-hydroxylation sites is 1. The molecule has 0 spiro atoms. The molecule has 31 heavy (non-hydrogen) atoms. The number of ether oxygens (including phenoxy) is 1. The van der Waals surface area contributed by atoms with Crippen LogP contribution in [0.4, 0.5) is 4.39 Å². The molecule has 0 aliphatic carbocycles. The molecule has 5 nitrogen and oxygen atoms in total. The lowest BCUT2D eigenvalue weighted by Gasteiger charge is -2.06. The minimum Gasteiger partial charge on any atom is -0.462 e. The second-order valence-electron chi connectivity index (χ2n) is 6.59. The summed E-state index contributed by atoms with van der Waals surface area (Å²) in [6.45, 7) is 1.97. The number of carbonyl (C=O) groups is 2. The van der Waals surface area contributed by atoms with Crippen LogP contribution in [0.25, 0.3) is 16.6 Å². The van der Waals surface area contributed by atoms with Gasteiger partial charge in [0.05, 0.1) is 33.5 Å². The maximum atomic E-state index is 14.8. The minimum atomic E-state index is -0.552. The highest BCUT2D eigenvalue weighted by molar-refractivity contribution is 6.41. The lowest BCUT2D eigenvalue weighted by molar-refractivity contribution is 0.0526. The molecule has 4 rings (SSSR count). The first-order valence-corrected chi connectivity index (χ1v) is 10.1. The number of esters is 1. The average molecular weight is 457 g/mol. The predicted octanol–water partition coefficient (Wildman–Crippen LogP) is 5.88. The molecule has 1 heterocycles. The summed E-state index contributed by atoms with van der Waals surface area (Å²) >= 11 is 12.4. The van der Waals surface area contributed by atoms with Crippen LogP contribution in [0, 0.1) is 5.82 Å². The lowest BCUT2D eigenvalue weighted by atomic mass is 10.0. The Bertz CT molecular complexity index is 1300. The highest BCUT2D eigenvalue weighted by atomic mass is 35.5. The number of halogens is 3. The van der Waals surface area contributed by atoms with E-state index in [0.717, 1.165) is 0 Å². The summed E-state index contributed by atoms with van der Waals surface area (Å²) in [6, 6.07) is 15.4. The van der Waals surface area contributed by atoms with Crippen molar-refractivity contribution in [3.63, 3.8) is 0 Å². The van der Waals surface area contributed by atoms with Gasteiger partial charge in [0, 0.05) is 5.39 Å². The normalized spacial score (nSPS) is 11.0. The Morgan fingerprint density at radius 3 is 2.29 bits per heavy atom. The van der Waals surface area contributed by atoms with Crippen LogP contribution in [0.3, 0.4) is 0 Å². The second kappa shape index (κ2) is 8.49. The van der Waals surface area contributed by atoms with Crippen molar-refractivity contribution in [3.8, 4) is 5.69 Å². The van der Waals surface area contributed by atoms with E-state index >= 15 is 0 Å². The molecular formula is C23H15Cl2FN2O3. The second-order valence-corrected chi connectivity index (χ2v) is 7.40. The van der Waals surface area contributed by atoms with Crippen LogP contribution in [0.5, 0.6) is 0 Å². The molecular weight excluding hydrogens is 442 g/mol. The molecule has 0 saturated heterocycles. The third-order valence-electron chi connectivity index (χ3n) is 4.68. The van der Waals surface area contributed by atoms with E-state index in [2.05, 4.69) is 5.10 Å². The first-order chi connectivity index (χ1) is 14.9. The van der Waals surface area contributed by atoms with Crippen LogP contribution < -0.4 is 0 Å². The third-order valence-corrected chi connectivity index (χ3v) is 5.31. The largest absolute Gasteiger partial charge is 0.462 e. The summed E-state index contributed by atoms with van der Waals surface area (Å²) in [5, 5.41) is 5.05. The number of hydrogen-bond donors (Lipinski definition) is 0. The topological polar surface area (TPSA) is 61.2 Å². The van der Waals surface area contributed by atoms with Crippen LogP contribution in [-0.2, 0) is 4.74 Å². The molecule has 0 N–H and O–H groups in total. The fourth-order valence-electron chi connectivity index (χ4n) is 3.27. The van der Waals surface area contributed by atoms with E-state index < -0.39 is 17.6 Å². The first kappa shape index (κ1) is 21.0. The SMILES string of the molecule is CCOC(=O)c1ccc(-n2nc(C(=O)c3c(Cl)cccc3Cl)c3cccc(F)c32)cc1. The van der Waals surface area contributed by atoms with Crippen LogP contribution >= 0.6 is 23.2 Å². The van der Waals surface area contributed by atoms with Gasteiger partial charge in [0.1, 0.15) is 17.0 Å². The molecule has 0 amide bonds. The number of benzene rings is 3. The molecule has 3 aromatic carbocycles. The van der Waals surface area contributed by atoms with Gasteiger partial charge in [-0.25, -0.2) is 13.9 Å². The quantitative estimate of drug-likeness (QED) is 0.278. The summed E-state index contributed by atoms with van der Waals surface area (Å²) in [6.07, 6.45) is 0. The average Bonchev–Trinajstić information content (AvgIpc) is 3.15. The minimum absolute atomic E-state index is 0.0129. The van der Waals surface area contributed by atoms with Crippen LogP contribution in [0.15, 0.2) is 60.7 Å². The number of carbonyl (C=O) groups excluding carboxylic acids is 2. The summed E-state index contributed by atoms with van der Waals surface area (Å²) in [4.78, 5) is 25.1. The Labute approximate surface area is 187 Å². The van der Waals surface area contributed by atoms with Gasteiger partial charge in [-0.1, -0.05) is 41.4 Å². The van der Waals surface area contributed by atoms with E-state index in [1.165, 1.54) is 16.8 Å². The van der Waals surface area contributed by atoms with Crippen LogP contribution in [0.2, 0.25) is 10.0 Å². The van der Waals surface area contributed by atoms with E-state index in [1.807, 2.05) is 0 Å². The van der Waals surface area contributed by atoms with E-state index in [9.17, 15) is 14.0 Å². The van der Waals surface area contributed by atoms with E-state index in [1.54, 1.807) is 55.5 Å². The maximum Gasteiger partial charge on any atom is 0.338 e. The molecule has 0 aliphatic heterocycles. The zero-order valence-electron chi connectivity index (χ0n) is 16.2. The van der Waals surface area contributed by atoms with Gasteiger partial charge in [0.2, 0.25) is 5.78 Å². The number of fused-ring (bicyclic) bond motifs is 1. The van der Waals surface area contributed by atoms with Crippen molar-refractivity contribution in [1.82, 2.24) is 9.78 Å². The van der Waals surface area contributed by atoms with Gasteiger partial charge < -0.3 is 4.74 Å². The van der Waals surface area contributed by atoms with Gasteiger partial charge in [0.15, 0.2) is 0 Å². The predicted molar refractivity (Wildman–Crippen MR) is 117 cm³/mol. The van der Waals surface area contributed by atoms with Gasteiger partial charge >= 0.3 is 5.97 Å². The monoisotopic (exact) mass is 456 g/mol. The first-order valence-electron chi connectivity index (χ1n) is 9.36. The van der Waals surface area contributed by atoms with E-state index in [4.69, 9.17) is 27.9 Å². The molecule has 1 aromatic heterocycles. The molecule has 0 bridgehead atoms. The highest BCUT2D eigenvalue weighted by Crippen LogP contribution is 2.31. The summed E-state index contributed by atoms with van der Waals surface area (Å²) in [5.41, 5.74) is 1.05. The standard InChI is InChI=1S/C23H15Cl2FN2O3/c1-2-31-23(30)13-9-11-14(12-10-13)28-21-15(5-3-8-18(21)26)20(27-28)22(29)19-16(24)6-4-7-17(19)25/h3-12H,2H2,1H3. The third kappa shape index (κ3) is 3.80. The van der Waals surface area contributed by atoms with E-state index in [-0.39, 0.29) is 33.4 Å². The Hall–Kier alpha value is -3.22. The Morgan fingerprint density at radius 2 is 1.65 bits per heavy atom. The zero-order valence-corrected chi connectivity index (χ0v) is 17.7. The zero-order chi connectivity index (χ0) is 22.1. The van der Waals surface area contributed by atoms with Crippen molar-refractivity contribution in [3.05, 3.63) is 93.3 Å². The molecule has 8 heteroatoms. The van der Waals surface area contributed by atoms with Crippen molar-refractivity contribution in [2.24, 2.45) is 0 Å². The van der Waals surface area contributed by atoms with Gasteiger partial charge in [0.25, 0.3) is 0 Å². The molecule has 0 fully saturated rings. The Kier molecular flexibility index (Phi) is 5.76. The number of rotatable bonds is 5. The fourth-order valence-corrected chi connectivity index (χ4v) is 3.84. The smallest absolute Gasteiger partial charge is 0.338 e. The lowest BCUT2D eigenvalue weighted by Crippen LogP contribution is -2.07. The van der Waals surface area contributed by atoms with E-state index in [0.29, 0.717) is 16.6 Å². The maximum absolute atomic E-state index is 14.8. The van der Waals surface area contributed by atoms with Crippen molar-refractivity contribution in [1.29, 1.82) is 0 Å². The molecule has 0 atom stereocenters. The molecule has 0 aliphatic rings. The Morgan fingerprint density at radius 1 is 1.00 bits per heavy atom. The van der Waals surface area contributed by atoms with Crippen LogP contribution in [-0.4, -0.2) is 28.1 Å². The van der Waals surface area contributed by atoms with Gasteiger partial charge in [-0.15, -0.1) is 0 Å². The van der Waals surface area contributed by atoms with Gasteiger partial charge in [-0.05, 0) is 49.4 Å².